The highest BCUT2D eigenvalue weighted by molar-refractivity contribution is 5.81. The fraction of sp³-hybridized carbons (Fsp3) is 0.176. The van der Waals surface area contributed by atoms with E-state index in [1.165, 1.54) is 0 Å². The van der Waals surface area contributed by atoms with Gasteiger partial charge in [-0.1, -0.05) is 42.5 Å². The highest BCUT2D eigenvalue weighted by atomic mass is 16.2. The first-order valence-electron chi connectivity index (χ1n) is 6.75. The lowest BCUT2D eigenvalue weighted by Gasteiger charge is -2.12. The molecule has 3 N–H and O–H groups in total. The van der Waals surface area contributed by atoms with Crippen LogP contribution in [0, 0.1) is 11.3 Å². The minimum Gasteiger partial charge on any atom is -0.351 e. The van der Waals surface area contributed by atoms with Crippen LogP contribution >= 0.6 is 0 Å². The van der Waals surface area contributed by atoms with Gasteiger partial charge in [0.2, 0.25) is 5.91 Å². The second-order valence-corrected chi connectivity index (χ2v) is 4.83. The van der Waals surface area contributed by atoms with Gasteiger partial charge in [-0.2, -0.15) is 5.26 Å². The van der Waals surface area contributed by atoms with E-state index in [2.05, 4.69) is 11.4 Å². The Balaban J connectivity index is 1.88. The van der Waals surface area contributed by atoms with E-state index in [0.29, 0.717) is 18.5 Å². The minimum absolute atomic E-state index is 0.193. The van der Waals surface area contributed by atoms with Gasteiger partial charge in [-0.05, 0) is 29.7 Å². The van der Waals surface area contributed by atoms with Crippen molar-refractivity contribution >= 4 is 5.91 Å². The molecule has 1 atom stereocenters. The first-order chi connectivity index (χ1) is 10.2. The van der Waals surface area contributed by atoms with Crippen LogP contribution in [0.3, 0.4) is 0 Å². The average Bonchev–Trinajstić information content (AvgIpc) is 2.53. The number of hydrogen-bond acceptors (Lipinski definition) is 3. The highest BCUT2D eigenvalue weighted by Gasteiger charge is 2.13. The standard InChI is InChI=1S/C17H17N3O/c18-11-14-7-4-8-15(9-14)12-20-17(21)16(19)10-13-5-2-1-3-6-13/h1-9,16H,10,12,19H2,(H,20,21). The number of nitriles is 1. The summed E-state index contributed by atoms with van der Waals surface area (Å²) in [6, 6.07) is 18.3. The number of hydrogen-bond donors (Lipinski definition) is 2. The first kappa shape index (κ1) is 14.8. The molecule has 2 aromatic carbocycles. The smallest absolute Gasteiger partial charge is 0.237 e. The molecular formula is C17H17N3O. The van der Waals surface area contributed by atoms with E-state index < -0.39 is 6.04 Å². The molecule has 0 aliphatic heterocycles. The van der Waals surface area contributed by atoms with Crippen molar-refractivity contribution in [2.24, 2.45) is 5.73 Å². The topological polar surface area (TPSA) is 78.9 Å². The quantitative estimate of drug-likeness (QED) is 0.875. The molecule has 0 saturated heterocycles. The molecule has 0 aliphatic rings. The van der Waals surface area contributed by atoms with E-state index in [4.69, 9.17) is 11.0 Å². The summed E-state index contributed by atoms with van der Waals surface area (Å²) in [6.07, 6.45) is 0.505. The molecule has 0 bridgehead atoms. The van der Waals surface area contributed by atoms with Crippen molar-refractivity contribution in [3.8, 4) is 6.07 Å². The first-order valence-corrected chi connectivity index (χ1v) is 6.75. The maximum absolute atomic E-state index is 12.0. The fourth-order valence-electron chi connectivity index (χ4n) is 2.03. The molecule has 1 amide bonds. The lowest BCUT2D eigenvalue weighted by Crippen LogP contribution is -2.41. The molecule has 106 valence electrons. The predicted molar refractivity (Wildman–Crippen MR) is 81.1 cm³/mol. The van der Waals surface area contributed by atoms with Crippen LogP contribution in [0.2, 0.25) is 0 Å². The lowest BCUT2D eigenvalue weighted by molar-refractivity contribution is -0.122. The number of rotatable bonds is 5. The fourth-order valence-corrected chi connectivity index (χ4v) is 2.03. The maximum atomic E-state index is 12.0. The third kappa shape index (κ3) is 4.44. The molecule has 1 unspecified atom stereocenters. The molecule has 2 aromatic rings. The monoisotopic (exact) mass is 279 g/mol. The van der Waals surface area contributed by atoms with Crippen molar-refractivity contribution in [1.29, 1.82) is 5.26 Å². The minimum atomic E-state index is -0.577. The van der Waals surface area contributed by atoms with Crippen LogP contribution in [0.1, 0.15) is 16.7 Å². The van der Waals surface area contributed by atoms with Crippen molar-refractivity contribution in [3.05, 3.63) is 71.3 Å². The number of benzene rings is 2. The van der Waals surface area contributed by atoms with E-state index in [1.807, 2.05) is 36.4 Å². The molecule has 0 radical (unpaired) electrons. The van der Waals surface area contributed by atoms with Crippen molar-refractivity contribution in [2.45, 2.75) is 19.0 Å². The van der Waals surface area contributed by atoms with Gasteiger partial charge in [0.15, 0.2) is 0 Å². The SMILES string of the molecule is N#Cc1cccc(CNC(=O)C(N)Cc2ccccc2)c1. The van der Waals surface area contributed by atoms with Crippen LogP contribution in [0.5, 0.6) is 0 Å². The third-order valence-corrected chi connectivity index (χ3v) is 3.16. The molecule has 0 saturated carbocycles. The third-order valence-electron chi connectivity index (χ3n) is 3.16. The number of nitrogens with one attached hydrogen (secondary N) is 1. The molecular weight excluding hydrogens is 262 g/mol. The van der Waals surface area contributed by atoms with Gasteiger partial charge in [0.25, 0.3) is 0 Å². The summed E-state index contributed by atoms with van der Waals surface area (Å²) in [4.78, 5) is 12.0. The van der Waals surface area contributed by atoms with Gasteiger partial charge in [-0.25, -0.2) is 0 Å². The largest absolute Gasteiger partial charge is 0.351 e. The summed E-state index contributed by atoms with van der Waals surface area (Å²) in [5.74, 6) is -0.193. The van der Waals surface area contributed by atoms with E-state index in [0.717, 1.165) is 11.1 Å². The van der Waals surface area contributed by atoms with Gasteiger partial charge in [-0.15, -0.1) is 0 Å². The van der Waals surface area contributed by atoms with Gasteiger partial charge in [-0.3, -0.25) is 4.79 Å². The molecule has 21 heavy (non-hydrogen) atoms. The molecule has 4 nitrogen and oxygen atoms in total. The normalized spacial score (nSPS) is 11.4. The number of nitrogens with two attached hydrogens (primary N) is 1. The number of carbonyl (C=O) groups is 1. The molecule has 0 fully saturated rings. The Morgan fingerprint density at radius 2 is 1.86 bits per heavy atom. The van der Waals surface area contributed by atoms with Gasteiger partial charge in [0.1, 0.15) is 0 Å². The summed E-state index contributed by atoms with van der Waals surface area (Å²) in [5, 5.41) is 11.6. The molecule has 0 heterocycles. The molecule has 0 spiro atoms. The maximum Gasteiger partial charge on any atom is 0.237 e. The second kappa shape index (κ2) is 7.22. The van der Waals surface area contributed by atoms with Gasteiger partial charge in [0.05, 0.1) is 17.7 Å². The average molecular weight is 279 g/mol. The molecule has 4 heteroatoms. The van der Waals surface area contributed by atoms with Crippen LogP contribution in [0.4, 0.5) is 0 Å². The van der Waals surface area contributed by atoms with Crippen LogP contribution < -0.4 is 11.1 Å². The van der Waals surface area contributed by atoms with Gasteiger partial charge < -0.3 is 11.1 Å². The Morgan fingerprint density at radius 3 is 2.57 bits per heavy atom. The van der Waals surface area contributed by atoms with Crippen molar-refractivity contribution in [3.63, 3.8) is 0 Å². The van der Waals surface area contributed by atoms with Crippen molar-refractivity contribution < 1.29 is 4.79 Å². The Bertz CT molecular complexity index is 647. The summed E-state index contributed by atoms with van der Waals surface area (Å²) in [7, 11) is 0. The Hall–Kier alpha value is -2.64. The summed E-state index contributed by atoms with van der Waals surface area (Å²) in [5.41, 5.74) is 8.40. The highest BCUT2D eigenvalue weighted by Crippen LogP contribution is 2.05. The van der Waals surface area contributed by atoms with Gasteiger partial charge in [0, 0.05) is 6.54 Å². The van der Waals surface area contributed by atoms with Crippen LogP contribution in [-0.2, 0) is 17.8 Å². The van der Waals surface area contributed by atoms with Crippen LogP contribution in [0.15, 0.2) is 54.6 Å². The second-order valence-electron chi connectivity index (χ2n) is 4.83. The zero-order valence-corrected chi connectivity index (χ0v) is 11.6. The zero-order chi connectivity index (χ0) is 15.1. The van der Waals surface area contributed by atoms with Gasteiger partial charge >= 0.3 is 0 Å². The molecule has 0 aromatic heterocycles. The van der Waals surface area contributed by atoms with E-state index in [-0.39, 0.29) is 5.91 Å². The Morgan fingerprint density at radius 1 is 1.14 bits per heavy atom. The predicted octanol–water partition coefficient (Wildman–Crippen LogP) is 1.74. The van der Waals surface area contributed by atoms with Crippen molar-refractivity contribution in [1.82, 2.24) is 5.32 Å². The summed E-state index contributed by atoms with van der Waals surface area (Å²) < 4.78 is 0. The summed E-state index contributed by atoms with van der Waals surface area (Å²) in [6.45, 7) is 0.372. The Labute approximate surface area is 124 Å². The number of carbonyl (C=O) groups excluding carboxylic acids is 1. The van der Waals surface area contributed by atoms with E-state index >= 15 is 0 Å². The summed E-state index contributed by atoms with van der Waals surface area (Å²) >= 11 is 0. The Kier molecular flexibility index (Phi) is 5.08. The zero-order valence-electron chi connectivity index (χ0n) is 11.6. The van der Waals surface area contributed by atoms with Crippen LogP contribution in [0.25, 0.3) is 0 Å². The number of amides is 1. The molecule has 0 aliphatic carbocycles. The van der Waals surface area contributed by atoms with E-state index in [1.54, 1.807) is 18.2 Å². The number of nitrogens with zero attached hydrogens (tertiary/aromatic N) is 1. The van der Waals surface area contributed by atoms with E-state index in [9.17, 15) is 4.79 Å². The molecule has 2 rings (SSSR count). The van der Waals surface area contributed by atoms with Crippen molar-refractivity contribution in [2.75, 3.05) is 0 Å². The van der Waals surface area contributed by atoms with Crippen LogP contribution in [-0.4, -0.2) is 11.9 Å². The lowest BCUT2D eigenvalue weighted by atomic mass is 10.1.